The van der Waals surface area contributed by atoms with Crippen LogP contribution in [0.25, 0.3) is 0 Å². The molecule has 1 heterocycles. The van der Waals surface area contributed by atoms with Crippen LogP contribution in [0.2, 0.25) is 0 Å². The number of rotatable bonds is 2. The van der Waals surface area contributed by atoms with Crippen molar-refractivity contribution in [3.05, 3.63) is 0 Å². The van der Waals surface area contributed by atoms with E-state index in [1.54, 1.807) is 0 Å². The smallest absolute Gasteiger partial charge is 0.224 e. The van der Waals surface area contributed by atoms with Crippen molar-refractivity contribution in [3.63, 3.8) is 0 Å². The first-order valence-corrected chi connectivity index (χ1v) is 4.29. The molecular formula is C8H14N2O. The quantitative estimate of drug-likeness (QED) is 0.606. The Morgan fingerprint density at radius 1 is 1.55 bits per heavy atom. The van der Waals surface area contributed by atoms with E-state index in [9.17, 15) is 4.79 Å². The van der Waals surface area contributed by atoms with Gasteiger partial charge in [0.15, 0.2) is 0 Å². The highest BCUT2D eigenvalue weighted by molar-refractivity contribution is 5.79. The molecule has 2 aliphatic rings. The molecule has 1 atom stereocenters. The number of carbonyl (C=O) groups excluding carboxylic acids is 1. The molecule has 3 nitrogen and oxygen atoms in total. The fourth-order valence-electron chi connectivity index (χ4n) is 1.59. The van der Waals surface area contributed by atoms with Gasteiger partial charge in [-0.25, -0.2) is 0 Å². The van der Waals surface area contributed by atoms with Gasteiger partial charge in [0.05, 0.1) is 0 Å². The molecule has 1 saturated carbocycles. The second-order valence-electron chi connectivity index (χ2n) is 3.71. The number of hydrogen-bond acceptors (Lipinski definition) is 2. The topological polar surface area (TPSA) is 46.3 Å². The van der Waals surface area contributed by atoms with Gasteiger partial charge in [-0.3, -0.25) is 4.79 Å². The van der Waals surface area contributed by atoms with Gasteiger partial charge >= 0.3 is 0 Å². The summed E-state index contributed by atoms with van der Waals surface area (Å²) < 4.78 is 0. The third-order valence-electron chi connectivity index (χ3n) is 2.42. The Morgan fingerprint density at radius 3 is 2.73 bits per heavy atom. The minimum atomic E-state index is 0.0984. The Kier molecular flexibility index (Phi) is 1.60. The van der Waals surface area contributed by atoms with Gasteiger partial charge in [0.25, 0.3) is 0 Å². The number of nitrogens with two attached hydrogens (primary N) is 1. The maximum absolute atomic E-state index is 11.2. The van der Waals surface area contributed by atoms with E-state index < -0.39 is 0 Å². The lowest BCUT2D eigenvalue weighted by Gasteiger charge is -2.14. The summed E-state index contributed by atoms with van der Waals surface area (Å²) in [7, 11) is 0. The number of amides is 1. The molecule has 62 valence electrons. The SMILES string of the molecule is NC1CC(=O)N(CC2CC2)C1. The van der Waals surface area contributed by atoms with Gasteiger partial charge in [0, 0.05) is 25.6 Å². The van der Waals surface area contributed by atoms with Crippen molar-refractivity contribution in [3.8, 4) is 0 Å². The van der Waals surface area contributed by atoms with E-state index in [1.165, 1.54) is 12.8 Å². The molecule has 0 spiro atoms. The van der Waals surface area contributed by atoms with Crippen molar-refractivity contribution >= 4 is 5.91 Å². The van der Waals surface area contributed by atoms with Crippen molar-refractivity contribution in [1.82, 2.24) is 4.90 Å². The van der Waals surface area contributed by atoms with Crippen LogP contribution in [0, 0.1) is 5.92 Å². The van der Waals surface area contributed by atoms with Crippen LogP contribution in [-0.2, 0) is 4.79 Å². The largest absolute Gasteiger partial charge is 0.341 e. The molecule has 1 amide bonds. The van der Waals surface area contributed by atoms with Crippen LogP contribution in [0.15, 0.2) is 0 Å². The van der Waals surface area contributed by atoms with Gasteiger partial charge < -0.3 is 10.6 Å². The molecule has 11 heavy (non-hydrogen) atoms. The van der Waals surface area contributed by atoms with Crippen LogP contribution in [0.4, 0.5) is 0 Å². The maximum atomic E-state index is 11.2. The summed E-state index contributed by atoms with van der Waals surface area (Å²) in [5, 5.41) is 0. The Morgan fingerprint density at radius 2 is 2.27 bits per heavy atom. The number of hydrogen-bond donors (Lipinski definition) is 1. The van der Waals surface area contributed by atoms with Crippen molar-refractivity contribution < 1.29 is 4.79 Å². The normalized spacial score (nSPS) is 31.5. The molecule has 1 aliphatic carbocycles. The molecule has 0 bridgehead atoms. The predicted octanol–water partition coefficient (Wildman–Crippen LogP) is -0.0440. The second kappa shape index (κ2) is 2.48. The molecule has 1 saturated heterocycles. The standard InChI is InChI=1S/C8H14N2O/c9-7-3-8(11)10(5-7)4-6-1-2-6/h6-7H,1-5,9H2. The zero-order chi connectivity index (χ0) is 7.84. The summed E-state index contributed by atoms with van der Waals surface area (Å²) in [6.45, 7) is 1.75. The first-order valence-electron chi connectivity index (χ1n) is 4.29. The average Bonchev–Trinajstić information content (AvgIpc) is 2.64. The van der Waals surface area contributed by atoms with Gasteiger partial charge in [0.2, 0.25) is 5.91 Å². The number of likely N-dealkylation sites (tertiary alicyclic amines) is 1. The summed E-state index contributed by atoms with van der Waals surface area (Å²) in [5.41, 5.74) is 5.65. The van der Waals surface area contributed by atoms with E-state index in [2.05, 4.69) is 0 Å². The van der Waals surface area contributed by atoms with Gasteiger partial charge in [-0.15, -0.1) is 0 Å². The molecule has 2 N–H and O–H groups in total. The third-order valence-corrected chi connectivity index (χ3v) is 2.42. The molecule has 2 rings (SSSR count). The zero-order valence-electron chi connectivity index (χ0n) is 6.62. The van der Waals surface area contributed by atoms with Gasteiger partial charge in [0.1, 0.15) is 0 Å². The first-order chi connectivity index (χ1) is 5.25. The van der Waals surface area contributed by atoms with Crippen LogP contribution < -0.4 is 5.73 Å². The van der Waals surface area contributed by atoms with Gasteiger partial charge in [-0.05, 0) is 18.8 Å². The minimum absolute atomic E-state index is 0.0984. The van der Waals surface area contributed by atoms with Gasteiger partial charge in [-0.1, -0.05) is 0 Å². The van der Waals surface area contributed by atoms with E-state index in [-0.39, 0.29) is 11.9 Å². The summed E-state index contributed by atoms with van der Waals surface area (Å²) in [5.74, 6) is 1.05. The second-order valence-corrected chi connectivity index (χ2v) is 3.71. The summed E-state index contributed by atoms with van der Waals surface area (Å²) in [6.07, 6.45) is 3.17. The minimum Gasteiger partial charge on any atom is -0.341 e. The predicted molar refractivity (Wildman–Crippen MR) is 41.9 cm³/mol. The lowest BCUT2D eigenvalue weighted by Crippen LogP contribution is -2.29. The van der Waals surface area contributed by atoms with E-state index in [1.807, 2.05) is 4.90 Å². The van der Waals surface area contributed by atoms with Crippen LogP contribution in [0.5, 0.6) is 0 Å². The number of nitrogens with zero attached hydrogens (tertiary/aromatic N) is 1. The molecular weight excluding hydrogens is 140 g/mol. The van der Waals surface area contributed by atoms with E-state index in [4.69, 9.17) is 5.73 Å². The average molecular weight is 154 g/mol. The van der Waals surface area contributed by atoms with Gasteiger partial charge in [-0.2, -0.15) is 0 Å². The molecule has 2 fully saturated rings. The van der Waals surface area contributed by atoms with Crippen molar-refractivity contribution in [2.45, 2.75) is 25.3 Å². The number of carbonyl (C=O) groups is 1. The molecule has 0 aromatic rings. The van der Waals surface area contributed by atoms with Crippen molar-refractivity contribution in [2.75, 3.05) is 13.1 Å². The highest BCUT2D eigenvalue weighted by Crippen LogP contribution is 2.30. The fourth-order valence-corrected chi connectivity index (χ4v) is 1.59. The van der Waals surface area contributed by atoms with Crippen LogP contribution in [0.1, 0.15) is 19.3 Å². The molecule has 0 aromatic heterocycles. The van der Waals surface area contributed by atoms with Crippen LogP contribution in [0.3, 0.4) is 0 Å². The van der Waals surface area contributed by atoms with E-state index >= 15 is 0 Å². The molecule has 0 radical (unpaired) electrons. The Hall–Kier alpha value is -0.570. The Bertz CT molecular complexity index is 177. The van der Waals surface area contributed by atoms with E-state index in [0.29, 0.717) is 6.42 Å². The monoisotopic (exact) mass is 154 g/mol. The van der Waals surface area contributed by atoms with Crippen LogP contribution >= 0.6 is 0 Å². The molecule has 1 aliphatic heterocycles. The summed E-state index contributed by atoms with van der Waals surface area (Å²) in [4.78, 5) is 13.1. The Balaban J connectivity index is 1.87. The first kappa shape index (κ1) is 7.10. The highest BCUT2D eigenvalue weighted by atomic mass is 16.2. The fraction of sp³-hybridized carbons (Fsp3) is 0.875. The van der Waals surface area contributed by atoms with Crippen molar-refractivity contribution in [2.24, 2.45) is 11.7 Å². The zero-order valence-corrected chi connectivity index (χ0v) is 6.62. The van der Waals surface area contributed by atoms with E-state index in [0.717, 1.165) is 19.0 Å². The van der Waals surface area contributed by atoms with Crippen LogP contribution in [-0.4, -0.2) is 29.9 Å². The summed E-state index contributed by atoms with van der Waals surface area (Å²) in [6, 6.07) is 0.0984. The Labute approximate surface area is 66.5 Å². The molecule has 3 heteroatoms. The highest BCUT2D eigenvalue weighted by Gasteiger charge is 2.32. The maximum Gasteiger partial charge on any atom is 0.224 e. The lowest BCUT2D eigenvalue weighted by atomic mass is 10.3. The third kappa shape index (κ3) is 1.53. The molecule has 0 aromatic carbocycles. The lowest BCUT2D eigenvalue weighted by molar-refractivity contribution is -0.127. The summed E-state index contributed by atoms with van der Waals surface area (Å²) >= 11 is 0. The molecule has 1 unspecified atom stereocenters. The van der Waals surface area contributed by atoms with Crippen molar-refractivity contribution in [1.29, 1.82) is 0 Å².